The SMILES string of the molecule is C[C@@]1(O)OC(n2ccc3c(-c4ccc[nH]4)ncnc32)[C@H](O)[C@@H]1O. The van der Waals surface area contributed by atoms with Crippen molar-refractivity contribution in [1.82, 2.24) is 19.5 Å². The van der Waals surface area contributed by atoms with Crippen molar-refractivity contribution in [2.45, 2.75) is 31.1 Å². The van der Waals surface area contributed by atoms with Gasteiger partial charge in [-0.15, -0.1) is 0 Å². The van der Waals surface area contributed by atoms with Crippen molar-refractivity contribution in [3.8, 4) is 11.4 Å². The van der Waals surface area contributed by atoms with Gasteiger partial charge >= 0.3 is 0 Å². The van der Waals surface area contributed by atoms with Crippen LogP contribution in [-0.4, -0.2) is 52.8 Å². The minimum Gasteiger partial charge on any atom is -0.385 e. The van der Waals surface area contributed by atoms with E-state index < -0.39 is 24.2 Å². The lowest BCUT2D eigenvalue weighted by Crippen LogP contribution is -2.40. The predicted molar refractivity (Wildman–Crippen MR) is 80.1 cm³/mol. The first-order valence-electron chi connectivity index (χ1n) is 7.20. The van der Waals surface area contributed by atoms with Crippen LogP contribution in [0.2, 0.25) is 0 Å². The van der Waals surface area contributed by atoms with Gasteiger partial charge in [-0.05, 0) is 25.1 Å². The van der Waals surface area contributed by atoms with Gasteiger partial charge in [0.05, 0.1) is 11.4 Å². The highest BCUT2D eigenvalue weighted by atomic mass is 16.7. The van der Waals surface area contributed by atoms with Gasteiger partial charge in [0.1, 0.15) is 24.2 Å². The molecule has 4 N–H and O–H groups in total. The minimum atomic E-state index is -1.82. The largest absolute Gasteiger partial charge is 0.385 e. The number of hydrogen-bond donors (Lipinski definition) is 4. The van der Waals surface area contributed by atoms with E-state index in [1.54, 1.807) is 23.0 Å². The van der Waals surface area contributed by atoms with E-state index in [1.807, 2.05) is 12.1 Å². The Labute approximate surface area is 131 Å². The number of aliphatic hydroxyl groups is 3. The van der Waals surface area contributed by atoms with Crippen LogP contribution in [0.3, 0.4) is 0 Å². The van der Waals surface area contributed by atoms with Gasteiger partial charge in [-0.25, -0.2) is 9.97 Å². The zero-order valence-corrected chi connectivity index (χ0v) is 12.3. The third-order valence-corrected chi connectivity index (χ3v) is 4.16. The Morgan fingerprint density at radius 2 is 2.13 bits per heavy atom. The van der Waals surface area contributed by atoms with Gasteiger partial charge in [-0.2, -0.15) is 0 Å². The topological polar surface area (TPSA) is 116 Å². The van der Waals surface area contributed by atoms with E-state index in [2.05, 4.69) is 15.0 Å². The Balaban J connectivity index is 1.83. The first-order chi connectivity index (χ1) is 11.0. The highest BCUT2D eigenvalue weighted by Crippen LogP contribution is 2.37. The van der Waals surface area contributed by atoms with Crippen LogP contribution in [0.1, 0.15) is 13.2 Å². The molecule has 1 aliphatic rings. The average molecular weight is 316 g/mol. The molecule has 4 heterocycles. The van der Waals surface area contributed by atoms with Gasteiger partial charge < -0.3 is 29.6 Å². The Kier molecular flexibility index (Phi) is 3.03. The summed E-state index contributed by atoms with van der Waals surface area (Å²) < 4.78 is 6.99. The molecule has 3 aromatic rings. The molecule has 1 unspecified atom stereocenters. The van der Waals surface area contributed by atoms with Crippen LogP contribution >= 0.6 is 0 Å². The fourth-order valence-electron chi connectivity index (χ4n) is 2.95. The van der Waals surface area contributed by atoms with Gasteiger partial charge in [0.15, 0.2) is 12.0 Å². The summed E-state index contributed by atoms with van der Waals surface area (Å²) in [6.07, 6.45) is 1.29. The van der Waals surface area contributed by atoms with Crippen molar-refractivity contribution in [3.63, 3.8) is 0 Å². The third kappa shape index (κ3) is 2.07. The summed E-state index contributed by atoms with van der Waals surface area (Å²) in [5, 5.41) is 30.8. The number of fused-ring (bicyclic) bond motifs is 1. The maximum absolute atomic E-state index is 10.2. The molecule has 3 aromatic heterocycles. The lowest BCUT2D eigenvalue weighted by Gasteiger charge is -2.20. The summed E-state index contributed by atoms with van der Waals surface area (Å²) in [4.78, 5) is 11.6. The number of aromatic amines is 1. The maximum atomic E-state index is 10.2. The summed E-state index contributed by atoms with van der Waals surface area (Å²) in [7, 11) is 0. The normalized spacial score (nSPS) is 31.0. The van der Waals surface area contributed by atoms with Gasteiger partial charge in [0.2, 0.25) is 0 Å². The molecule has 0 radical (unpaired) electrons. The standard InChI is InChI=1S/C15H16N4O4/c1-15(22)12(21)11(20)14(23-15)19-6-4-8-10(9-3-2-5-16-9)17-7-18-13(8)19/h2-7,11-12,14,16,20-22H,1H3/t11-,12+,14?,15-/m1/s1. The molecule has 1 aliphatic heterocycles. The molecule has 8 heteroatoms. The first-order valence-corrected chi connectivity index (χ1v) is 7.20. The smallest absolute Gasteiger partial charge is 0.194 e. The Bertz CT molecular complexity index is 842. The van der Waals surface area contributed by atoms with Gasteiger partial charge in [-0.3, -0.25) is 0 Å². The quantitative estimate of drug-likeness (QED) is 0.543. The molecule has 0 aliphatic carbocycles. The molecule has 0 aromatic carbocycles. The summed E-state index contributed by atoms with van der Waals surface area (Å²) >= 11 is 0. The predicted octanol–water partition coefficient (Wildman–Crippen LogP) is 0.386. The highest BCUT2D eigenvalue weighted by molar-refractivity contribution is 5.89. The monoisotopic (exact) mass is 316 g/mol. The third-order valence-electron chi connectivity index (χ3n) is 4.16. The molecule has 0 bridgehead atoms. The van der Waals surface area contributed by atoms with E-state index in [1.165, 1.54) is 13.3 Å². The number of nitrogens with one attached hydrogen (secondary N) is 1. The van der Waals surface area contributed by atoms with Crippen LogP contribution in [0, 0.1) is 0 Å². The van der Waals surface area contributed by atoms with Crippen LogP contribution in [0.5, 0.6) is 0 Å². The van der Waals surface area contributed by atoms with Crippen molar-refractivity contribution in [3.05, 3.63) is 36.9 Å². The van der Waals surface area contributed by atoms with Crippen molar-refractivity contribution in [1.29, 1.82) is 0 Å². The molecule has 0 spiro atoms. The summed E-state index contributed by atoms with van der Waals surface area (Å²) in [5.41, 5.74) is 2.10. The molecule has 0 saturated carbocycles. The number of rotatable bonds is 2. The zero-order chi connectivity index (χ0) is 16.2. The van der Waals surface area contributed by atoms with Crippen molar-refractivity contribution in [2.24, 2.45) is 0 Å². The van der Waals surface area contributed by atoms with Crippen molar-refractivity contribution >= 4 is 11.0 Å². The number of H-pyrrole nitrogens is 1. The molecule has 8 nitrogen and oxygen atoms in total. The van der Waals surface area contributed by atoms with Crippen molar-refractivity contribution < 1.29 is 20.1 Å². The van der Waals surface area contributed by atoms with Gasteiger partial charge in [-0.1, -0.05) is 0 Å². The molecule has 1 fully saturated rings. The van der Waals surface area contributed by atoms with Gasteiger partial charge in [0, 0.05) is 17.8 Å². The van der Waals surface area contributed by atoms with Crippen molar-refractivity contribution in [2.75, 3.05) is 0 Å². The number of aliphatic hydroxyl groups excluding tert-OH is 2. The van der Waals surface area contributed by atoms with Crippen LogP contribution in [0.15, 0.2) is 36.9 Å². The Hall–Kier alpha value is -2.26. The molecule has 4 atom stereocenters. The highest BCUT2D eigenvalue weighted by Gasteiger charge is 2.51. The molecular formula is C15H16N4O4. The van der Waals surface area contributed by atoms with E-state index >= 15 is 0 Å². The second-order valence-corrected chi connectivity index (χ2v) is 5.76. The summed E-state index contributed by atoms with van der Waals surface area (Å²) in [5.74, 6) is -1.82. The summed E-state index contributed by atoms with van der Waals surface area (Å²) in [6, 6.07) is 5.58. The molecule has 120 valence electrons. The number of aromatic nitrogens is 4. The molecule has 1 saturated heterocycles. The minimum absolute atomic E-state index is 0.540. The molecular weight excluding hydrogens is 300 g/mol. The van der Waals surface area contributed by atoms with Crippen LogP contribution < -0.4 is 0 Å². The van der Waals surface area contributed by atoms with E-state index in [-0.39, 0.29) is 0 Å². The van der Waals surface area contributed by atoms with E-state index in [0.29, 0.717) is 5.65 Å². The lowest BCUT2D eigenvalue weighted by atomic mass is 10.1. The molecule has 23 heavy (non-hydrogen) atoms. The van der Waals surface area contributed by atoms with Crippen LogP contribution in [-0.2, 0) is 4.74 Å². The second kappa shape index (κ2) is 4.87. The van der Waals surface area contributed by atoms with Crippen LogP contribution in [0.4, 0.5) is 0 Å². The Morgan fingerprint density at radius 1 is 1.30 bits per heavy atom. The fourth-order valence-corrected chi connectivity index (χ4v) is 2.95. The molecule has 4 rings (SSSR count). The zero-order valence-electron chi connectivity index (χ0n) is 12.3. The number of nitrogens with zero attached hydrogens (tertiary/aromatic N) is 3. The van der Waals surface area contributed by atoms with Gasteiger partial charge in [0.25, 0.3) is 0 Å². The molecule has 0 amide bonds. The average Bonchev–Trinajstić information content (AvgIpc) is 3.23. The second-order valence-electron chi connectivity index (χ2n) is 5.76. The van der Waals surface area contributed by atoms with E-state index in [9.17, 15) is 15.3 Å². The number of ether oxygens (including phenoxy) is 1. The fraction of sp³-hybridized carbons (Fsp3) is 0.333. The van der Waals surface area contributed by atoms with E-state index in [4.69, 9.17) is 4.74 Å². The van der Waals surface area contributed by atoms with E-state index in [0.717, 1.165) is 16.8 Å². The number of hydrogen-bond acceptors (Lipinski definition) is 6. The Morgan fingerprint density at radius 3 is 2.78 bits per heavy atom. The maximum Gasteiger partial charge on any atom is 0.194 e. The first kappa shape index (κ1) is 14.3. The van der Waals surface area contributed by atoms with Crippen LogP contribution in [0.25, 0.3) is 22.4 Å². The summed E-state index contributed by atoms with van der Waals surface area (Å²) in [6.45, 7) is 1.31. The lowest BCUT2D eigenvalue weighted by molar-refractivity contribution is -0.224.